The number of carbonyl (C=O) groups excluding carboxylic acids is 1. The molecule has 1 rings (SSSR count). The summed E-state index contributed by atoms with van der Waals surface area (Å²) >= 11 is 0. The molecule has 0 spiro atoms. The van der Waals surface area contributed by atoms with Gasteiger partial charge in [0.25, 0.3) is 0 Å². The van der Waals surface area contributed by atoms with Gasteiger partial charge in [0.2, 0.25) is 0 Å². The predicted octanol–water partition coefficient (Wildman–Crippen LogP) is 4.09. The summed E-state index contributed by atoms with van der Waals surface area (Å²) in [6.45, 7) is 8.00. The molecule has 5 heteroatoms. The summed E-state index contributed by atoms with van der Waals surface area (Å²) in [6, 6.07) is 8.46. The van der Waals surface area contributed by atoms with Crippen LogP contribution in [0.5, 0.6) is 0 Å². The van der Waals surface area contributed by atoms with Crippen LogP contribution in [0.15, 0.2) is 43.0 Å². The van der Waals surface area contributed by atoms with Gasteiger partial charge in [-0.25, -0.2) is 9.59 Å². The number of hydrogen-bond donors (Lipinski definition) is 1. The van der Waals surface area contributed by atoms with E-state index in [1.165, 1.54) is 4.90 Å². The lowest BCUT2D eigenvalue weighted by molar-refractivity contribution is -0.143. The van der Waals surface area contributed by atoms with Crippen molar-refractivity contribution in [1.82, 2.24) is 4.90 Å². The Bertz CT molecular complexity index is 527. The molecule has 0 radical (unpaired) electrons. The molecule has 0 bridgehead atoms. The first-order chi connectivity index (χ1) is 11.5. The van der Waals surface area contributed by atoms with Crippen molar-refractivity contribution in [2.45, 2.75) is 45.8 Å². The summed E-state index contributed by atoms with van der Waals surface area (Å²) in [5, 5.41) is 9.51. The normalized spacial score (nSPS) is 11.8. The number of ether oxygens (including phenoxy) is 1. The average molecular weight is 333 g/mol. The molecule has 0 aliphatic heterocycles. The van der Waals surface area contributed by atoms with Crippen LogP contribution in [0.25, 0.3) is 0 Å². The smallest absolute Gasteiger partial charge is 0.410 e. The van der Waals surface area contributed by atoms with Crippen molar-refractivity contribution in [3.63, 3.8) is 0 Å². The number of carboxylic acids is 1. The van der Waals surface area contributed by atoms with Gasteiger partial charge in [-0.1, -0.05) is 50.3 Å². The molecule has 5 nitrogen and oxygen atoms in total. The highest BCUT2D eigenvalue weighted by Crippen LogP contribution is 2.15. The maximum Gasteiger partial charge on any atom is 0.410 e. The van der Waals surface area contributed by atoms with Crippen LogP contribution in [0, 0.1) is 5.92 Å². The Morgan fingerprint density at radius 3 is 2.50 bits per heavy atom. The van der Waals surface area contributed by atoms with Gasteiger partial charge in [0.15, 0.2) is 0 Å². The number of carbonyl (C=O) groups is 2. The summed E-state index contributed by atoms with van der Waals surface area (Å²) in [7, 11) is 0. The molecule has 0 aliphatic carbocycles. The quantitative estimate of drug-likeness (QED) is 0.517. The molecule has 1 aromatic carbocycles. The zero-order chi connectivity index (χ0) is 17.9. The molecule has 0 aliphatic rings. The number of unbranched alkanes of at least 4 members (excludes halogenated alkanes) is 1. The van der Waals surface area contributed by atoms with Crippen LogP contribution in [-0.2, 0) is 16.1 Å². The fourth-order valence-corrected chi connectivity index (χ4v) is 2.39. The summed E-state index contributed by atoms with van der Waals surface area (Å²) in [6.07, 6.45) is 2.94. The zero-order valence-electron chi connectivity index (χ0n) is 14.5. The molecule has 24 heavy (non-hydrogen) atoms. The van der Waals surface area contributed by atoms with Gasteiger partial charge in [-0.15, -0.1) is 6.58 Å². The van der Waals surface area contributed by atoms with Crippen molar-refractivity contribution >= 4 is 12.1 Å². The van der Waals surface area contributed by atoms with Crippen LogP contribution in [0.2, 0.25) is 0 Å². The maximum atomic E-state index is 12.5. The van der Waals surface area contributed by atoms with E-state index in [4.69, 9.17) is 4.74 Å². The largest absolute Gasteiger partial charge is 0.480 e. The lowest BCUT2D eigenvalue weighted by Crippen LogP contribution is -2.46. The Kier molecular flexibility index (Phi) is 8.61. The first-order valence-electron chi connectivity index (χ1n) is 8.26. The SMILES string of the molecule is C=CCCCN(C(=O)OCc1ccccc1)[C@@H](CC(C)C)C(=O)O. The van der Waals surface area contributed by atoms with Crippen LogP contribution >= 0.6 is 0 Å². The predicted molar refractivity (Wildman–Crippen MR) is 93.6 cm³/mol. The molecule has 0 heterocycles. The van der Waals surface area contributed by atoms with Gasteiger partial charge in [0.05, 0.1) is 0 Å². The molecule has 0 saturated carbocycles. The summed E-state index contributed by atoms with van der Waals surface area (Å²) in [5.41, 5.74) is 0.868. The molecule has 0 aromatic heterocycles. The lowest BCUT2D eigenvalue weighted by atomic mass is 10.0. The molecule has 0 saturated heterocycles. The third-order valence-electron chi connectivity index (χ3n) is 3.60. The van der Waals surface area contributed by atoms with E-state index in [9.17, 15) is 14.7 Å². The molecule has 1 aromatic rings. The second-order valence-electron chi connectivity index (χ2n) is 6.15. The van der Waals surface area contributed by atoms with Gasteiger partial charge in [-0.2, -0.15) is 0 Å². The third kappa shape index (κ3) is 6.86. The van der Waals surface area contributed by atoms with Crippen molar-refractivity contribution in [1.29, 1.82) is 0 Å². The van der Waals surface area contributed by atoms with E-state index in [-0.39, 0.29) is 12.5 Å². The Morgan fingerprint density at radius 2 is 1.96 bits per heavy atom. The zero-order valence-corrected chi connectivity index (χ0v) is 14.5. The van der Waals surface area contributed by atoms with Gasteiger partial charge < -0.3 is 9.84 Å². The van der Waals surface area contributed by atoms with E-state index >= 15 is 0 Å². The van der Waals surface area contributed by atoms with Crippen molar-refractivity contribution in [2.75, 3.05) is 6.54 Å². The van der Waals surface area contributed by atoms with Crippen molar-refractivity contribution in [3.8, 4) is 0 Å². The first-order valence-corrected chi connectivity index (χ1v) is 8.26. The second kappa shape index (κ2) is 10.5. The number of rotatable bonds is 10. The molecule has 0 unspecified atom stereocenters. The fourth-order valence-electron chi connectivity index (χ4n) is 2.39. The van der Waals surface area contributed by atoms with Crippen LogP contribution < -0.4 is 0 Å². The number of hydrogen-bond acceptors (Lipinski definition) is 3. The molecule has 1 atom stereocenters. The van der Waals surface area contributed by atoms with Crippen LogP contribution in [0.4, 0.5) is 4.79 Å². The van der Waals surface area contributed by atoms with Gasteiger partial charge in [-0.05, 0) is 30.7 Å². The summed E-state index contributed by atoms with van der Waals surface area (Å²) in [4.78, 5) is 25.4. The second-order valence-corrected chi connectivity index (χ2v) is 6.15. The number of allylic oxidation sites excluding steroid dienone is 1. The fraction of sp³-hybridized carbons (Fsp3) is 0.474. The van der Waals surface area contributed by atoms with E-state index in [0.29, 0.717) is 19.4 Å². The Labute approximate surface area is 143 Å². The Morgan fingerprint density at radius 1 is 1.29 bits per heavy atom. The highest BCUT2D eigenvalue weighted by molar-refractivity contribution is 5.80. The first kappa shape index (κ1) is 19.7. The van der Waals surface area contributed by atoms with Crippen LogP contribution in [0.1, 0.15) is 38.7 Å². The Hall–Kier alpha value is -2.30. The van der Waals surface area contributed by atoms with E-state index in [1.807, 2.05) is 44.2 Å². The van der Waals surface area contributed by atoms with Crippen molar-refractivity contribution < 1.29 is 19.4 Å². The van der Waals surface area contributed by atoms with E-state index in [0.717, 1.165) is 12.0 Å². The molecular formula is C19H27NO4. The minimum Gasteiger partial charge on any atom is -0.480 e. The van der Waals surface area contributed by atoms with E-state index < -0.39 is 18.1 Å². The lowest BCUT2D eigenvalue weighted by Gasteiger charge is -2.29. The van der Waals surface area contributed by atoms with E-state index in [1.54, 1.807) is 6.08 Å². The Balaban J connectivity index is 2.79. The van der Waals surface area contributed by atoms with Crippen LogP contribution in [0.3, 0.4) is 0 Å². The molecule has 1 amide bonds. The topological polar surface area (TPSA) is 66.8 Å². The highest BCUT2D eigenvalue weighted by Gasteiger charge is 2.31. The number of nitrogens with zero attached hydrogens (tertiary/aromatic N) is 1. The number of aliphatic carboxylic acids is 1. The van der Waals surface area contributed by atoms with Gasteiger partial charge in [0.1, 0.15) is 12.6 Å². The molecule has 132 valence electrons. The minimum absolute atomic E-state index is 0.131. The highest BCUT2D eigenvalue weighted by atomic mass is 16.6. The standard InChI is InChI=1S/C19H27NO4/c1-4-5-9-12-20(17(18(21)22)13-15(2)3)19(23)24-14-16-10-7-6-8-11-16/h4,6-8,10-11,15,17H,1,5,9,12-14H2,2-3H3,(H,21,22)/t17-/m0/s1. The molecule has 1 N–H and O–H groups in total. The number of benzene rings is 1. The minimum atomic E-state index is -1.00. The summed E-state index contributed by atoms with van der Waals surface area (Å²) in [5.74, 6) is -0.839. The van der Waals surface area contributed by atoms with E-state index in [2.05, 4.69) is 6.58 Å². The number of carboxylic acid groups (broad SMARTS) is 1. The van der Waals surface area contributed by atoms with Gasteiger partial charge in [0, 0.05) is 6.54 Å². The number of amides is 1. The summed E-state index contributed by atoms with van der Waals surface area (Å²) < 4.78 is 5.33. The molecular weight excluding hydrogens is 306 g/mol. The third-order valence-corrected chi connectivity index (χ3v) is 3.60. The average Bonchev–Trinajstić information content (AvgIpc) is 2.55. The maximum absolute atomic E-state index is 12.5. The van der Waals surface area contributed by atoms with Crippen molar-refractivity contribution in [3.05, 3.63) is 48.6 Å². The molecule has 0 fully saturated rings. The van der Waals surface area contributed by atoms with Gasteiger partial charge >= 0.3 is 12.1 Å². The monoisotopic (exact) mass is 333 g/mol. The van der Waals surface area contributed by atoms with Crippen molar-refractivity contribution in [2.24, 2.45) is 5.92 Å². The van der Waals surface area contributed by atoms with Crippen LogP contribution in [-0.4, -0.2) is 34.7 Å². The van der Waals surface area contributed by atoms with Gasteiger partial charge in [-0.3, -0.25) is 4.90 Å².